The molecule has 4 nitrogen and oxygen atoms in total. The highest BCUT2D eigenvalue weighted by Gasteiger charge is 2.32. The van der Waals surface area contributed by atoms with Crippen molar-refractivity contribution in [3.05, 3.63) is 33.4 Å². The molecule has 1 aromatic carbocycles. The summed E-state index contributed by atoms with van der Waals surface area (Å²) in [6.07, 6.45) is 0.551. The van der Waals surface area contributed by atoms with Crippen molar-refractivity contribution >= 4 is 32.6 Å². The van der Waals surface area contributed by atoms with Crippen molar-refractivity contribution in [2.75, 3.05) is 13.2 Å². The summed E-state index contributed by atoms with van der Waals surface area (Å²) in [6, 6.07) is 8.31. The summed E-state index contributed by atoms with van der Waals surface area (Å²) in [5.41, 5.74) is 1.21. The fraction of sp³-hybridized carbons (Fsp3) is 0.538. The molecule has 0 radical (unpaired) electrons. The fourth-order valence-electron chi connectivity index (χ4n) is 2.47. The van der Waals surface area contributed by atoms with E-state index in [2.05, 4.69) is 46.9 Å². The van der Waals surface area contributed by atoms with Crippen molar-refractivity contribution in [2.24, 2.45) is 11.1 Å². The van der Waals surface area contributed by atoms with E-state index in [1.165, 1.54) is 9.13 Å². The van der Waals surface area contributed by atoms with Crippen molar-refractivity contribution < 1.29 is 13.2 Å². The van der Waals surface area contributed by atoms with Crippen molar-refractivity contribution in [1.29, 1.82) is 0 Å². The van der Waals surface area contributed by atoms with Crippen LogP contribution in [0.4, 0.5) is 0 Å². The van der Waals surface area contributed by atoms with E-state index in [1.807, 2.05) is 0 Å². The Morgan fingerprint density at radius 1 is 1.37 bits per heavy atom. The molecule has 0 bridgehead atoms. The lowest BCUT2D eigenvalue weighted by molar-refractivity contribution is 0.183. The average Bonchev–Trinajstić information content (AvgIpc) is 2.77. The molecule has 1 heterocycles. The standard InChI is InChI=1S/C13H18INO3S/c1-9(19(15,16)17)6-11-7-18-8-13(11)10-2-4-12(14)5-3-10/h2-5,9,11,13H,6-8H2,1H3,(H2,15,16,17). The van der Waals surface area contributed by atoms with Gasteiger partial charge in [-0.25, -0.2) is 13.6 Å². The fourth-order valence-corrected chi connectivity index (χ4v) is 3.34. The first-order valence-electron chi connectivity index (χ1n) is 6.22. The Hall–Kier alpha value is -0.180. The third-order valence-electron chi connectivity index (χ3n) is 3.69. The van der Waals surface area contributed by atoms with E-state index >= 15 is 0 Å². The van der Waals surface area contributed by atoms with Crippen LogP contribution in [0.5, 0.6) is 0 Å². The zero-order valence-electron chi connectivity index (χ0n) is 10.8. The van der Waals surface area contributed by atoms with E-state index in [9.17, 15) is 8.42 Å². The van der Waals surface area contributed by atoms with Crippen molar-refractivity contribution in [3.63, 3.8) is 0 Å². The molecule has 1 aliphatic heterocycles. The van der Waals surface area contributed by atoms with E-state index in [0.717, 1.165) is 0 Å². The minimum absolute atomic E-state index is 0.216. The second-order valence-electron chi connectivity index (χ2n) is 5.09. The van der Waals surface area contributed by atoms with E-state index in [4.69, 9.17) is 9.88 Å². The number of ether oxygens (including phenoxy) is 1. The maximum Gasteiger partial charge on any atom is 0.211 e. The molecule has 0 saturated carbocycles. The quantitative estimate of drug-likeness (QED) is 0.794. The highest BCUT2D eigenvalue weighted by Crippen LogP contribution is 2.34. The van der Waals surface area contributed by atoms with Crippen LogP contribution in [-0.2, 0) is 14.8 Å². The molecule has 0 aliphatic carbocycles. The first kappa shape index (κ1) is 15.2. The van der Waals surface area contributed by atoms with Gasteiger partial charge in [-0.15, -0.1) is 0 Å². The zero-order valence-corrected chi connectivity index (χ0v) is 13.7. The number of hydrogen-bond acceptors (Lipinski definition) is 3. The molecular formula is C13H18INO3S. The number of sulfonamides is 1. The third kappa shape index (κ3) is 3.90. The van der Waals surface area contributed by atoms with Crippen LogP contribution in [0.3, 0.4) is 0 Å². The molecule has 3 atom stereocenters. The number of hydrogen-bond donors (Lipinski definition) is 1. The SMILES string of the molecule is CC(CC1COCC1c1ccc(I)cc1)S(N)(=O)=O. The molecule has 0 spiro atoms. The Morgan fingerprint density at radius 2 is 2.00 bits per heavy atom. The Balaban J connectivity index is 2.11. The van der Waals surface area contributed by atoms with Crippen LogP contribution in [0.2, 0.25) is 0 Å². The van der Waals surface area contributed by atoms with E-state index in [1.54, 1.807) is 6.92 Å². The van der Waals surface area contributed by atoms with Gasteiger partial charge in [-0.3, -0.25) is 0 Å². The molecule has 3 unspecified atom stereocenters. The second-order valence-corrected chi connectivity index (χ2v) is 8.32. The van der Waals surface area contributed by atoms with Gasteiger partial charge in [0.2, 0.25) is 10.0 Å². The number of primary sulfonamides is 1. The summed E-state index contributed by atoms with van der Waals surface area (Å²) < 4.78 is 29.4. The molecule has 2 rings (SSSR count). The lowest BCUT2D eigenvalue weighted by Gasteiger charge is -2.20. The smallest absolute Gasteiger partial charge is 0.211 e. The van der Waals surface area contributed by atoms with Gasteiger partial charge in [0.1, 0.15) is 0 Å². The van der Waals surface area contributed by atoms with Crippen LogP contribution < -0.4 is 5.14 Å². The second kappa shape index (κ2) is 6.07. The van der Waals surface area contributed by atoms with E-state index in [-0.39, 0.29) is 11.8 Å². The van der Waals surface area contributed by atoms with Crippen LogP contribution in [0.1, 0.15) is 24.8 Å². The van der Waals surface area contributed by atoms with Gasteiger partial charge in [0.15, 0.2) is 0 Å². The van der Waals surface area contributed by atoms with Crippen LogP contribution in [0.25, 0.3) is 0 Å². The van der Waals surface area contributed by atoms with Crippen molar-refractivity contribution in [3.8, 4) is 0 Å². The van der Waals surface area contributed by atoms with Crippen LogP contribution >= 0.6 is 22.6 Å². The molecular weight excluding hydrogens is 377 g/mol. The van der Waals surface area contributed by atoms with Crippen LogP contribution in [-0.4, -0.2) is 26.9 Å². The predicted molar refractivity (Wildman–Crippen MR) is 83.4 cm³/mol. The molecule has 1 saturated heterocycles. The van der Waals surface area contributed by atoms with E-state index in [0.29, 0.717) is 19.6 Å². The van der Waals surface area contributed by atoms with Gasteiger partial charge in [-0.05, 0) is 59.5 Å². The Bertz CT molecular complexity index is 529. The number of nitrogens with two attached hydrogens (primary N) is 1. The summed E-state index contributed by atoms with van der Waals surface area (Å²) >= 11 is 2.27. The summed E-state index contributed by atoms with van der Waals surface area (Å²) in [5, 5.41) is 4.67. The molecule has 2 N–H and O–H groups in total. The molecule has 1 fully saturated rings. The summed E-state index contributed by atoms with van der Waals surface area (Å²) in [5.74, 6) is 0.481. The van der Waals surface area contributed by atoms with Gasteiger partial charge in [0.25, 0.3) is 0 Å². The van der Waals surface area contributed by atoms with Crippen molar-refractivity contribution in [1.82, 2.24) is 0 Å². The Labute approximate surface area is 127 Å². The molecule has 1 aliphatic rings. The van der Waals surface area contributed by atoms with Crippen molar-refractivity contribution in [2.45, 2.75) is 24.5 Å². The molecule has 0 aromatic heterocycles. The average molecular weight is 395 g/mol. The lowest BCUT2D eigenvalue weighted by atomic mass is 9.86. The summed E-state index contributed by atoms with van der Waals surface area (Å²) in [7, 11) is -3.46. The van der Waals surface area contributed by atoms with Gasteiger partial charge in [-0.1, -0.05) is 12.1 Å². The predicted octanol–water partition coefficient (Wildman–Crippen LogP) is 2.09. The maximum atomic E-state index is 11.3. The van der Waals surface area contributed by atoms with Crippen LogP contribution in [0.15, 0.2) is 24.3 Å². The molecule has 1 aromatic rings. The minimum Gasteiger partial charge on any atom is -0.380 e. The van der Waals surface area contributed by atoms with Crippen LogP contribution in [0, 0.1) is 9.49 Å². The monoisotopic (exact) mass is 395 g/mol. The molecule has 106 valence electrons. The highest BCUT2D eigenvalue weighted by molar-refractivity contribution is 14.1. The van der Waals surface area contributed by atoms with Gasteiger partial charge in [-0.2, -0.15) is 0 Å². The summed E-state index contributed by atoms with van der Waals surface area (Å²) in [6.45, 7) is 2.93. The number of halogens is 1. The highest BCUT2D eigenvalue weighted by atomic mass is 127. The first-order valence-corrected chi connectivity index (χ1v) is 8.91. The molecule has 0 amide bonds. The Morgan fingerprint density at radius 3 is 2.58 bits per heavy atom. The topological polar surface area (TPSA) is 69.4 Å². The normalized spacial score (nSPS) is 25.4. The molecule has 6 heteroatoms. The maximum absolute atomic E-state index is 11.3. The third-order valence-corrected chi connectivity index (χ3v) is 5.73. The Kier molecular flexibility index (Phi) is 4.86. The summed E-state index contributed by atoms with van der Waals surface area (Å²) in [4.78, 5) is 0. The van der Waals surface area contributed by atoms with Gasteiger partial charge < -0.3 is 4.74 Å². The first-order chi connectivity index (χ1) is 8.88. The number of benzene rings is 1. The number of rotatable bonds is 4. The lowest BCUT2D eigenvalue weighted by Crippen LogP contribution is -2.29. The minimum atomic E-state index is -3.46. The largest absolute Gasteiger partial charge is 0.380 e. The van der Waals surface area contributed by atoms with Gasteiger partial charge in [0.05, 0.1) is 18.5 Å². The van der Waals surface area contributed by atoms with E-state index < -0.39 is 15.3 Å². The van der Waals surface area contributed by atoms with Gasteiger partial charge >= 0.3 is 0 Å². The molecule has 19 heavy (non-hydrogen) atoms. The zero-order chi connectivity index (χ0) is 14.0. The van der Waals surface area contributed by atoms with Gasteiger partial charge in [0, 0.05) is 9.49 Å².